The highest BCUT2D eigenvalue weighted by Gasteiger charge is 2.49. The summed E-state index contributed by atoms with van der Waals surface area (Å²) in [5.74, 6) is 0.677. The largest absolute Gasteiger partial charge is 0.352 e. The molecule has 32 heavy (non-hydrogen) atoms. The van der Waals surface area contributed by atoms with Crippen LogP contribution in [-0.4, -0.2) is 44.9 Å². The fourth-order valence-corrected chi connectivity index (χ4v) is 5.76. The molecule has 1 N–H and O–H groups in total. The van der Waals surface area contributed by atoms with E-state index in [1.54, 1.807) is 11.3 Å². The SMILES string of the molecule is Cc1cc(C)nc(NC[C@@H]2CC3(CCN2C(=O)c2nc(C)sc2-c2ccccc2)CC3)n1. The highest BCUT2D eigenvalue weighted by atomic mass is 32.1. The van der Waals surface area contributed by atoms with Gasteiger partial charge < -0.3 is 10.2 Å². The number of hydrogen-bond donors (Lipinski definition) is 1. The summed E-state index contributed by atoms with van der Waals surface area (Å²) in [6.45, 7) is 7.36. The van der Waals surface area contributed by atoms with E-state index in [0.717, 1.165) is 46.2 Å². The number of carbonyl (C=O) groups is 1. The van der Waals surface area contributed by atoms with E-state index in [-0.39, 0.29) is 11.9 Å². The summed E-state index contributed by atoms with van der Waals surface area (Å²) in [4.78, 5) is 30.5. The Balaban J connectivity index is 1.40. The Labute approximate surface area is 193 Å². The van der Waals surface area contributed by atoms with Gasteiger partial charge in [-0.05, 0) is 63.5 Å². The average Bonchev–Trinajstić information content (AvgIpc) is 3.40. The second kappa shape index (κ2) is 8.28. The number of aryl methyl sites for hydroxylation is 3. The van der Waals surface area contributed by atoms with Crippen molar-refractivity contribution in [3.63, 3.8) is 0 Å². The zero-order valence-corrected chi connectivity index (χ0v) is 19.7. The molecule has 166 valence electrons. The lowest BCUT2D eigenvalue weighted by Crippen LogP contribution is -2.50. The third-order valence-electron chi connectivity index (χ3n) is 6.66. The highest BCUT2D eigenvalue weighted by molar-refractivity contribution is 7.15. The van der Waals surface area contributed by atoms with E-state index in [1.807, 2.05) is 49.9 Å². The number of likely N-dealkylation sites (tertiary alicyclic amines) is 1. The molecule has 2 aliphatic rings. The van der Waals surface area contributed by atoms with E-state index in [9.17, 15) is 4.79 Å². The third-order valence-corrected chi connectivity index (χ3v) is 7.68. The molecule has 0 unspecified atom stereocenters. The van der Waals surface area contributed by atoms with Gasteiger partial charge in [-0.1, -0.05) is 30.3 Å². The van der Waals surface area contributed by atoms with Gasteiger partial charge in [-0.2, -0.15) is 0 Å². The Morgan fingerprint density at radius 2 is 1.81 bits per heavy atom. The summed E-state index contributed by atoms with van der Waals surface area (Å²) in [7, 11) is 0. The molecular weight excluding hydrogens is 418 g/mol. The van der Waals surface area contributed by atoms with Crippen LogP contribution in [0.15, 0.2) is 36.4 Å². The maximum absolute atomic E-state index is 13.8. The summed E-state index contributed by atoms with van der Waals surface area (Å²) >= 11 is 1.59. The highest BCUT2D eigenvalue weighted by Crippen LogP contribution is 2.55. The molecule has 1 aromatic carbocycles. The normalized spacial score (nSPS) is 19.2. The van der Waals surface area contributed by atoms with Gasteiger partial charge in [-0.3, -0.25) is 4.79 Å². The number of nitrogens with zero attached hydrogens (tertiary/aromatic N) is 4. The topological polar surface area (TPSA) is 71.0 Å². The smallest absolute Gasteiger partial charge is 0.274 e. The van der Waals surface area contributed by atoms with Gasteiger partial charge in [0.25, 0.3) is 5.91 Å². The lowest BCUT2D eigenvalue weighted by Gasteiger charge is -2.40. The van der Waals surface area contributed by atoms with Crippen LogP contribution in [0.1, 0.15) is 52.6 Å². The fourth-order valence-electron chi connectivity index (χ4n) is 4.84. The van der Waals surface area contributed by atoms with E-state index < -0.39 is 0 Å². The molecule has 3 aromatic rings. The number of anilines is 1. The molecule has 3 heterocycles. The van der Waals surface area contributed by atoms with Crippen molar-refractivity contribution in [2.45, 2.75) is 52.5 Å². The van der Waals surface area contributed by atoms with Crippen LogP contribution in [0.5, 0.6) is 0 Å². The van der Waals surface area contributed by atoms with Gasteiger partial charge in [-0.25, -0.2) is 15.0 Å². The van der Waals surface area contributed by atoms with Crippen molar-refractivity contribution >= 4 is 23.2 Å². The van der Waals surface area contributed by atoms with Gasteiger partial charge in [0, 0.05) is 30.5 Å². The Hall–Kier alpha value is -2.80. The quantitative estimate of drug-likeness (QED) is 0.594. The third kappa shape index (κ3) is 4.26. The fraction of sp³-hybridized carbons (Fsp3) is 0.440. The van der Waals surface area contributed by atoms with Crippen molar-refractivity contribution in [2.75, 3.05) is 18.4 Å². The van der Waals surface area contributed by atoms with E-state index in [0.29, 0.717) is 23.6 Å². The molecule has 1 saturated heterocycles. The number of hydrogen-bond acceptors (Lipinski definition) is 6. The molecule has 2 aromatic heterocycles. The van der Waals surface area contributed by atoms with Gasteiger partial charge >= 0.3 is 0 Å². The lowest BCUT2D eigenvalue weighted by molar-refractivity contribution is 0.0541. The molecule has 6 nitrogen and oxygen atoms in total. The number of nitrogens with one attached hydrogen (secondary N) is 1. The number of thiazole rings is 1. The predicted octanol–water partition coefficient (Wildman–Crippen LogP) is 5.02. The zero-order chi connectivity index (χ0) is 22.3. The molecule has 0 bridgehead atoms. The molecule has 1 spiro atoms. The Bertz CT molecular complexity index is 1120. The van der Waals surface area contributed by atoms with E-state index in [4.69, 9.17) is 0 Å². The van der Waals surface area contributed by atoms with Crippen molar-refractivity contribution in [3.8, 4) is 10.4 Å². The molecule has 5 rings (SSSR count). The maximum atomic E-state index is 13.8. The molecule has 0 radical (unpaired) electrons. The number of aromatic nitrogens is 3. The van der Waals surface area contributed by atoms with Crippen LogP contribution >= 0.6 is 11.3 Å². The Morgan fingerprint density at radius 3 is 2.50 bits per heavy atom. The molecule has 2 fully saturated rings. The van der Waals surface area contributed by atoms with Crippen molar-refractivity contribution in [1.82, 2.24) is 19.9 Å². The summed E-state index contributed by atoms with van der Waals surface area (Å²) in [6.07, 6.45) is 4.66. The summed E-state index contributed by atoms with van der Waals surface area (Å²) in [5.41, 5.74) is 3.95. The molecule has 1 aliphatic heterocycles. The molecule has 1 saturated carbocycles. The first kappa shape index (κ1) is 21.1. The first-order chi connectivity index (χ1) is 15.4. The van der Waals surface area contributed by atoms with Gasteiger partial charge in [0.05, 0.1) is 9.88 Å². The molecular formula is C25H29N5OS. The van der Waals surface area contributed by atoms with Gasteiger partial charge in [0.15, 0.2) is 0 Å². The first-order valence-electron chi connectivity index (χ1n) is 11.3. The minimum atomic E-state index is 0.0387. The van der Waals surface area contributed by atoms with E-state index in [1.165, 1.54) is 12.8 Å². The number of amides is 1. The van der Waals surface area contributed by atoms with Crippen molar-refractivity contribution < 1.29 is 4.79 Å². The molecule has 7 heteroatoms. The van der Waals surface area contributed by atoms with Gasteiger partial charge in [0.2, 0.25) is 5.95 Å². The Morgan fingerprint density at radius 1 is 1.09 bits per heavy atom. The van der Waals surface area contributed by atoms with E-state index in [2.05, 4.69) is 32.4 Å². The second-order valence-corrected chi connectivity index (χ2v) is 10.4. The predicted molar refractivity (Wildman–Crippen MR) is 128 cm³/mol. The van der Waals surface area contributed by atoms with Crippen LogP contribution in [0, 0.1) is 26.2 Å². The first-order valence-corrected chi connectivity index (χ1v) is 12.1. The number of benzene rings is 1. The molecule has 1 atom stereocenters. The van der Waals surface area contributed by atoms with Crippen LogP contribution in [0.2, 0.25) is 0 Å². The summed E-state index contributed by atoms with van der Waals surface area (Å²) in [6, 6.07) is 12.2. The minimum Gasteiger partial charge on any atom is -0.352 e. The summed E-state index contributed by atoms with van der Waals surface area (Å²) < 4.78 is 0. The number of rotatable bonds is 5. The van der Waals surface area contributed by atoms with Crippen LogP contribution in [0.3, 0.4) is 0 Å². The minimum absolute atomic E-state index is 0.0387. The second-order valence-electron chi connectivity index (χ2n) is 9.24. The van der Waals surface area contributed by atoms with Crippen LogP contribution in [-0.2, 0) is 0 Å². The average molecular weight is 448 g/mol. The molecule has 1 amide bonds. The summed E-state index contributed by atoms with van der Waals surface area (Å²) in [5, 5.41) is 4.33. The van der Waals surface area contributed by atoms with Crippen LogP contribution in [0.4, 0.5) is 5.95 Å². The monoisotopic (exact) mass is 447 g/mol. The Kier molecular flexibility index (Phi) is 5.45. The van der Waals surface area contributed by atoms with Crippen LogP contribution < -0.4 is 5.32 Å². The van der Waals surface area contributed by atoms with Crippen molar-refractivity contribution in [1.29, 1.82) is 0 Å². The molecule has 1 aliphatic carbocycles. The van der Waals surface area contributed by atoms with Gasteiger partial charge in [0.1, 0.15) is 5.69 Å². The maximum Gasteiger partial charge on any atom is 0.274 e. The number of piperidine rings is 1. The van der Waals surface area contributed by atoms with Crippen LogP contribution in [0.25, 0.3) is 10.4 Å². The lowest BCUT2D eigenvalue weighted by atomic mass is 9.87. The van der Waals surface area contributed by atoms with Crippen molar-refractivity contribution in [2.24, 2.45) is 5.41 Å². The zero-order valence-electron chi connectivity index (χ0n) is 18.9. The number of carbonyl (C=O) groups excluding carboxylic acids is 1. The standard InChI is InChI=1S/C25H29N5OS/c1-16-13-17(2)28-24(27-16)26-15-20-14-25(9-10-25)11-12-30(20)23(31)21-22(32-18(3)29-21)19-7-5-4-6-8-19/h4-8,13,20H,9-12,14-15H2,1-3H3,(H,26,27,28)/t20-/m0/s1. The van der Waals surface area contributed by atoms with E-state index >= 15 is 0 Å². The van der Waals surface area contributed by atoms with Gasteiger partial charge in [-0.15, -0.1) is 11.3 Å². The van der Waals surface area contributed by atoms with Crippen molar-refractivity contribution in [3.05, 3.63) is 58.5 Å².